The largest absolute Gasteiger partial charge is 0.490 e. The molecule has 1 N–H and O–H groups in total. The lowest BCUT2D eigenvalue weighted by Gasteiger charge is -2.14. The van der Waals surface area contributed by atoms with Crippen LogP contribution >= 0.6 is 0 Å². The Balaban J connectivity index is 2.60. The molecule has 0 spiro atoms. The van der Waals surface area contributed by atoms with Crippen molar-refractivity contribution in [2.75, 3.05) is 19.8 Å². The molecule has 0 atom stereocenters. The monoisotopic (exact) mass is 290 g/mol. The molecule has 0 aromatic heterocycles. The highest BCUT2D eigenvalue weighted by molar-refractivity contribution is 5.43. The molecule has 116 valence electrons. The molecule has 0 unspecified atom stereocenters. The maximum Gasteiger partial charge on any atom is 0.161 e. The molecule has 0 saturated carbocycles. The fraction of sp³-hybridized carbons (Fsp3) is 0.588. The highest BCUT2D eigenvalue weighted by Crippen LogP contribution is 2.28. The predicted molar refractivity (Wildman–Crippen MR) is 84.5 cm³/mol. The zero-order chi connectivity index (χ0) is 15.5. The van der Waals surface area contributed by atoms with E-state index in [1.807, 2.05) is 19.1 Å². The second-order valence-electron chi connectivity index (χ2n) is 5.35. The summed E-state index contributed by atoms with van der Waals surface area (Å²) in [6.07, 6.45) is 1.25. The summed E-state index contributed by atoms with van der Waals surface area (Å²) in [6, 6.07) is 8.14. The predicted octanol–water partition coefficient (Wildman–Crippen LogP) is 3.51. The van der Waals surface area contributed by atoms with Crippen LogP contribution in [0.2, 0.25) is 0 Å². The maximum atomic E-state index is 8.52. The number of unbranched alkanes of at least 4 members (excludes halogenated alkanes) is 1. The smallest absolute Gasteiger partial charge is 0.161 e. The van der Waals surface area contributed by atoms with Gasteiger partial charge in [0.25, 0.3) is 0 Å². The molecule has 0 amide bonds. The number of nitrogens with zero attached hydrogens (tertiary/aromatic N) is 1. The molecule has 0 aliphatic heterocycles. The van der Waals surface area contributed by atoms with Gasteiger partial charge in [-0.05, 0) is 43.5 Å². The Kier molecular flexibility index (Phi) is 8.30. The first kappa shape index (κ1) is 17.3. The highest BCUT2D eigenvalue weighted by Gasteiger charge is 2.06. The van der Waals surface area contributed by atoms with E-state index in [4.69, 9.17) is 14.7 Å². The molecular formula is C17H26N2O2. The molecule has 4 heteroatoms. The summed E-state index contributed by atoms with van der Waals surface area (Å²) in [7, 11) is 0. The Labute approximate surface area is 128 Å². The molecule has 21 heavy (non-hydrogen) atoms. The van der Waals surface area contributed by atoms with Gasteiger partial charge in [0.15, 0.2) is 11.5 Å². The van der Waals surface area contributed by atoms with Crippen molar-refractivity contribution in [3.05, 3.63) is 23.8 Å². The van der Waals surface area contributed by atoms with Gasteiger partial charge in [-0.25, -0.2) is 0 Å². The minimum Gasteiger partial charge on any atom is -0.490 e. The lowest BCUT2D eigenvalue weighted by Crippen LogP contribution is -2.19. The van der Waals surface area contributed by atoms with Gasteiger partial charge in [0.05, 0.1) is 19.3 Å². The van der Waals surface area contributed by atoms with E-state index in [0.29, 0.717) is 25.6 Å². The third-order valence-electron chi connectivity index (χ3n) is 2.88. The number of hydrogen-bond acceptors (Lipinski definition) is 4. The molecule has 0 bridgehead atoms. The van der Waals surface area contributed by atoms with Gasteiger partial charge in [-0.15, -0.1) is 0 Å². The molecule has 1 rings (SSSR count). The van der Waals surface area contributed by atoms with E-state index in [2.05, 4.69) is 31.3 Å². The van der Waals surface area contributed by atoms with Crippen LogP contribution in [0.3, 0.4) is 0 Å². The first-order chi connectivity index (χ1) is 10.2. The summed E-state index contributed by atoms with van der Waals surface area (Å²) in [5.41, 5.74) is 1.18. The zero-order valence-electron chi connectivity index (χ0n) is 13.3. The van der Waals surface area contributed by atoms with Crippen molar-refractivity contribution in [1.82, 2.24) is 5.32 Å². The molecule has 1 aromatic carbocycles. The Morgan fingerprint density at radius 1 is 1.24 bits per heavy atom. The molecule has 0 heterocycles. The Morgan fingerprint density at radius 2 is 2.05 bits per heavy atom. The average molecular weight is 290 g/mol. The van der Waals surface area contributed by atoms with E-state index in [-0.39, 0.29) is 0 Å². The minimum atomic E-state index is 0.515. The lowest BCUT2D eigenvalue weighted by molar-refractivity contribution is 0.274. The molecule has 0 radical (unpaired) electrons. The van der Waals surface area contributed by atoms with Gasteiger partial charge in [0.2, 0.25) is 0 Å². The fourth-order valence-electron chi connectivity index (χ4n) is 1.89. The second-order valence-corrected chi connectivity index (χ2v) is 5.35. The molecule has 0 aliphatic carbocycles. The highest BCUT2D eigenvalue weighted by atomic mass is 16.5. The van der Waals surface area contributed by atoms with E-state index in [9.17, 15) is 0 Å². The molecule has 1 aromatic rings. The maximum absolute atomic E-state index is 8.52. The summed E-state index contributed by atoms with van der Waals surface area (Å²) in [6.45, 7) is 9.32. The van der Waals surface area contributed by atoms with Crippen molar-refractivity contribution in [3.63, 3.8) is 0 Å². The Bertz CT molecular complexity index is 453. The summed E-state index contributed by atoms with van der Waals surface area (Å²) in [5.74, 6) is 2.17. The van der Waals surface area contributed by atoms with Crippen LogP contribution in [0.25, 0.3) is 0 Å². The third kappa shape index (κ3) is 7.01. The third-order valence-corrected chi connectivity index (χ3v) is 2.88. The quantitative estimate of drug-likeness (QED) is 0.670. The van der Waals surface area contributed by atoms with Gasteiger partial charge >= 0.3 is 0 Å². The van der Waals surface area contributed by atoms with Crippen LogP contribution in [0, 0.1) is 17.2 Å². The van der Waals surface area contributed by atoms with Crippen molar-refractivity contribution >= 4 is 0 Å². The molecule has 4 nitrogen and oxygen atoms in total. The van der Waals surface area contributed by atoms with Crippen molar-refractivity contribution in [1.29, 1.82) is 5.26 Å². The molecule has 0 saturated heterocycles. The lowest BCUT2D eigenvalue weighted by atomic mass is 10.2. The van der Waals surface area contributed by atoms with Crippen LogP contribution in [0.15, 0.2) is 18.2 Å². The van der Waals surface area contributed by atoms with E-state index >= 15 is 0 Å². The average Bonchev–Trinajstić information content (AvgIpc) is 2.45. The standard InChI is InChI=1S/C17H26N2O2/c1-4-20-17-11-15(13-19-12-14(2)3)7-8-16(17)21-10-6-5-9-18/h7-8,11,14,19H,4-6,10,12-13H2,1-3H3. The number of hydrogen-bond donors (Lipinski definition) is 1. The number of benzene rings is 1. The van der Waals surface area contributed by atoms with Crippen LogP contribution in [0.1, 0.15) is 39.2 Å². The summed E-state index contributed by atoms with van der Waals surface area (Å²) in [5, 5.41) is 11.9. The first-order valence-corrected chi connectivity index (χ1v) is 7.63. The van der Waals surface area contributed by atoms with Crippen molar-refractivity contribution in [2.24, 2.45) is 5.92 Å². The van der Waals surface area contributed by atoms with Crippen molar-refractivity contribution in [3.8, 4) is 17.6 Å². The van der Waals surface area contributed by atoms with Crippen LogP contribution in [0.4, 0.5) is 0 Å². The minimum absolute atomic E-state index is 0.515. The Hall–Kier alpha value is -1.73. The number of nitrogens with one attached hydrogen (secondary N) is 1. The summed E-state index contributed by atoms with van der Waals surface area (Å²) < 4.78 is 11.3. The number of nitriles is 1. The number of ether oxygens (including phenoxy) is 2. The SMILES string of the molecule is CCOc1cc(CNCC(C)C)ccc1OCCCC#N. The molecular weight excluding hydrogens is 264 g/mol. The molecule has 0 aliphatic rings. The summed E-state index contributed by atoms with van der Waals surface area (Å²) in [4.78, 5) is 0. The topological polar surface area (TPSA) is 54.3 Å². The zero-order valence-corrected chi connectivity index (χ0v) is 13.3. The van der Waals surface area contributed by atoms with E-state index < -0.39 is 0 Å². The van der Waals surface area contributed by atoms with Crippen molar-refractivity contribution in [2.45, 2.75) is 40.2 Å². The van der Waals surface area contributed by atoms with Gasteiger partial charge in [0, 0.05) is 13.0 Å². The van der Waals surface area contributed by atoms with Gasteiger partial charge in [-0.3, -0.25) is 0 Å². The van der Waals surface area contributed by atoms with Crippen LogP contribution < -0.4 is 14.8 Å². The normalized spacial score (nSPS) is 10.4. The van der Waals surface area contributed by atoms with Gasteiger partial charge < -0.3 is 14.8 Å². The van der Waals surface area contributed by atoms with E-state index in [1.54, 1.807) is 0 Å². The van der Waals surface area contributed by atoms with E-state index in [1.165, 1.54) is 5.56 Å². The number of rotatable bonds is 10. The molecule has 0 fully saturated rings. The van der Waals surface area contributed by atoms with Crippen LogP contribution in [0.5, 0.6) is 11.5 Å². The van der Waals surface area contributed by atoms with Gasteiger partial charge in [-0.2, -0.15) is 5.26 Å². The van der Waals surface area contributed by atoms with E-state index in [0.717, 1.165) is 31.0 Å². The van der Waals surface area contributed by atoms with Gasteiger partial charge in [-0.1, -0.05) is 19.9 Å². The second kappa shape index (κ2) is 10.1. The first-order valence-electron chi connectivity index (χ1n) is 7.63. The van der Waals surface area contributed by atoms with Crippen LogP contribution in [-0.4, -0.2) is 19.8 Å². The van der Waals surface area contributed by atoms with Crippen molar-refractivity contribution < 1.29 is 9.47 Å². The van der Waals surface area contributed by atoms with Gasteiger partial charge in [0.1, 0.15) is 0 Å². The van der Waals surface area contributed by atoms with Crippen LogP contribution in [-0.2, 0) is 6.54 Å². The Morgan fingerprint density at radius 3 is 2.71 bits per heavy atom. The summed E-state index contributed by atoms with van der Waals surface area (Å²) >= 11 is 0. The fourth-order valence-corrected chi connectivity index (χ4v) is 1.89.